The number of halogens is 1. The molecule has 7 rings (SSSR count). The van der Waals surface area contributed by atoms with Crippen LogP contribution in [0.25, 0.3) is 33.1 Å². The Morgan fingerprint density at radius 1 is 1.00 bits per heavy atom. The third-order valence-corrected chi connectivity index (χ3v) is 8.62. The number of nitrogens with two attached hydrogens (primary N) is 1. The molecule has 2 fully saturated rings. The molecule has 1 aliphatic heterocycles. The van der Waals surface area contributed by atoms with E-state index in [0.29, 0.717) is 18.4 Å². The number of benzene rings is 3. The summed E-state index contributed by atoms with van der Waals surface area (Å²) in [6.07, 6.45) is 4.59. The van der Waals surface area contributed by atoms with E-state index in [9.17, 15) is 4.39 Å². The third-order valence-electron chi connectivity index (χ3n) is 8.62. The van der Waals surface area contributed by atoms with Crippen molar-refractivity contribution in [1.82, 2.24) is 15.0 Å². The highest BCUT2D eigenvalue weighted by Gasteiger charge is 2.66. The lowest BCUT2D eigenvalue weighted by molar-refractivity contribution is 0.419. The Hall–Kier alpha value is -4.10. The number of nitrogens with zero attached hydrogens (tertiary/aromatic N) is 4. The summed E-state index contributed by atoms with van der Waals surface area (Å²) in [7, 11) is 1.67. The Bertz CT molecular complexity index is 1690. The van der Waals surface area contributed by atoms with Gasteiger partial charge in [0, 0.05) is 36.6 Å². The number of pyridine rings is 1. The maximum absolute atomic E-state index is 14.7. The number of hydrogen-bond donors (Lipinski definition) is 1. The molecular weight excluding hydrogens is 477 g/mol. The number of piperidine rings is 1. The molecule has 0 spiro atoms. The number of aromatic nitrogens is 3. The second-order valence-electron chi connectivity index (χ2n) is 10.4. The van der Waals surface area contributed by atoms with Crippen molar-refractivity contribution in [3.8, 4) is 16.9 Å². The fourth-order valence-corrected chi connectivity index (χ4v) is 6.65. The normalized spacial score (nSPS) is 22.4. The lowest BCUT2D eigenvalue weighted by Gasteiger charge is -2.27. The SMILES string of the molecule is COc1cc(-c2ccc3nc(N4CCC5C(C4)[C@@]5(CN)c4ccccc4F)cnc3c2)cc2cccnc12. The zero-order valence-corrected chi connectivity index (χ0v) is 21.1. The summed E-state index contributed by atoms with van der Waals surface area (Å²) in [6.45, 7) is 2.12. The van der Waals surface area contributed by atoms with E-state index in [4.69, 9.17) is 20.4 Å². The molecule has 2 aromatic heterocycles. The second kappa shape index (κ2) is 8.74. The third kappa shape index (κ3) is 3.45. The minimum Gasteiger partial charge on any atom is -0.494 e. The molecule has 3 aromatic carbocycles. The smallest absolute Gasteiger partial charge is 0.147 e. The molecule has 5 aromatic rings. The molecule has 1 saturated heterocycles. The Kier molecular flexibility index (Phi) is 5.30. The van der Waals surface area contributed by atoms with Crippen molar-refractivity contribution in [2.75, 3.05) is 31.6 Å². The molecule has 0 bridgehead atoms. The molecule has 2 aliphatic rings. The van der Waals surface area contributed by atoms with Crippen LogP contribution in [-0.4, -0.2) is 41.7 Å². The highest BCUT2D eigenvalue weighted by atomic mass is 19.1. The van der Waals surface area contributed by atoms with Crippen LogP contribution in [0.5, 0.6) is 5.75 Å². The van der Waals surface area contributed by atoms with E-state index >= 15 is 0 Å². The van der Waals surface area contributed by atoms with E-state index < -0.39 is 0 Å². The first kappa shape index (κ1) is 23.0. The molecular formula is C31H28FN5O. The zero-order chi connectivity index (χ0) is 25.9. The number of anilines is 1. The van der Waals surface area contributed by atoms with Crippen molar-refractivity contribution in [2.45, 2.75) is 11.8 Å². The quantitative estimate of drug-likeness (QED) is 0.347. The van der Waals surface area contributed by atoms with E-state index in [1.165, 1.54) is 0 Å². The van der Waals surface area contributed by atoms with Crippen molar-refractivity contribution < 1.29 is 9.13 Å². The summed E-state index contributed by atoms with van der Waals surface area (Å²) in [5.41, 5.74) is 11.4. The monoisotopic (exact) mass is 505 g/mol. The lowest BCUT2D eigenvalue weighted by Crippen LogP contribution is -2.32. The van der Waals surface area contributed by atoms with Gasteiger partial charge in [-0.1, -0.05) is 30.3 Å². The Balaban J connectivity index is 1.17. The van der Waals surface area contributed by atoms with Crippen molar-refractivity contribution in [1.29, 1.82) is 0 Å². The fourth-order valence-electron chi connectivity index (χ4n) is 6.65. The summed E-state index contributed by atoms with van der Waals surface area (Å²) >= 11 is 0. The highest BCUT2D eigenvalue weighted by molar-refractivity contribution is 5.91. The van der Waals surface area contributed by atoms with Gasteiger partial charge in [-0.2, -0.15) is 0 Å². The van der Waals surface area contributed by atoms with Gasteiger partial charge in [0.25, 0.3) is 0 Å². The number of ether oxygens (including phenoxy) is 1. The number of rotatable bonds is 5. The molecule has 0 radical (unpaired) electrons. The molecule has 38 heavy (non-hydrogen) atoms. The molecule has 6 nitrogen and oxygen atoms in total. The topological polar surface area (TPSA) is 77.2 Å². The summed E-state index contributed by atoms with van der Waals surface area (Å²) in [4.78, 5) is 16.5. The van der Waals surface area contributed by atoms with Gasteiger partial charge in [0.15, 0.2) is 0 Å². The molecule has 3 atom stereocenters. The number of hydrogen-bond acceptors (Lipinski definition) is 6. The largest absolute Gasteiger partial charge is 0.494 e. The highest BCUT2D eigenvalue weighted by Crippen LogP contribution is 2.63. The van der Waals surface area contributed by atoms with Crippen LogP contribution < -0.4 is 15.4 Å². The van der Waals surface area contributed by atoms with E-state index in [0.717, 1.165) is 69.7 Å². The summed E-state index contributed by atoms with van der Waals surface area (Å²) in [5, 5.41) is 1.02. The van der Waals surface area contributed by atoms with Crippen LogP contribution in [0.4, 0.5) is 10.2 Å². The Morgan fingerprint density at radius 3 is 2.74 bits per heavy atom. The van der Waals surface area contributed by atoms with Crippen LogP contribution in [0.15, 0.2) is 79.1 Å². The molecule has 0 amide bonds. The minimum absolute atomic E-state index is 0.152. The molecule has 1 saturated carbocycles. The minimum atomic E-state index is -0.282. The Morgan fingerprint density at radius 2 is 1.89 bits per heavy atom. The molecule has 1 aliphatic carbocycles. The van der Waals surface area contributed by atoms with Gasteiger partial charge in [-0.25, -0.2) is 9.37 Å². The van der Waals surface area contributed by atoms with Crippen molar-refractivity contribution >= 4 is 27.8 Å². The summed E-state index contributed by atoms with van der Waals surface area (Å²) < 4.78 is 20.3. The van der Waals surface area contributed by atoms with Gasteiger partial charge in [-0.3, -0.25) is 9.97 Å². The first-order valence-electron chi connectivity index (χ1n) is 13.0. The predicted octanol–water partition coefficient (Wildman–Crippen LogP) is 5.35. The van der Waals surface area contributed by atoms with E-state index in [-0.39, 0.29) is 11.2 Å². The van der Waals surface area contributed by atoms with Crippen LogP contribution >= 0.6 is 0 Å². The van der Waals surface area contributed by atoms with Crippen molar-refractivity contribution in [3.05, 3.63) is 90.5 Å². The maximum Gasteiger partial charge on any atom is 0.147 e. The fraction of sp³-hybridized carbons (Fsp3) is 0.258. The van der Waals surface area contributed by atoms with Crippen LogP contribution in [-0.2, 0) is 5.41 Å². The average molecular weight is 506 g/mol. The van der Waals surface area contributed by atoms with Gasteiger partial charge < -0.3 is 15.4 Å². The first-order chi connectivity index (χ1) is 18.6. The van der Waals surface area contributed by atoms with Gasteiger partial charge in [-0.05, 0) is 71.3 Å². The summed E-state index contributed by atoms with van der Waals surface area (Å²) in [6, 6.07) is 21.3. The van der Waals surface area contributed by atoms with E-state index in [1.807, 2.05) is 42.6 Å². The Labute approximate surface area is 220 Å². The lowest BCUT2D eigenvalue weighted by atomic mass is 9.91. The predicted molar refractivity (Wildman–Crippen MR) is 148 cm³/mol. The van der Waals surface area contributed by atoms with Gasteiger partial charge in [0.2, 0.25) is 0 Å². The summed E-state index contributed by atoms with van der Waals surface area (Å²) in [5.74, 6) is 2.17. The van der Waals surface area contributed by atoms with Crippen LogP contribution in [0.2, 0.25) is 0 Å². The zero-order valence-electron chi connectivity index (χ0n) is 21.1. The van der Waals surface area contributed by atoms with Gasteiger partial charge in [0.05, 0.1) is 24.3 Å². The molecule has 7 heteroatoms. The van der Waals surface area contributed by atoms with Crippen molar-refractivity contribution in [2.24, 2.45) is 17.6 Å². The van der Waals surface area contributed by atoms with E-state index in [2.05, 4.69) is 28.1 Å². The number of fused-ring (bicyclic) bond motifs is 3. The standard InChI is InChI=1S/C31H28FN5O/c1-38-28-15-21(13-20-5-4-11-34-30(20)28)19-8-9-26-27(14-19)35-16-29(36-26)37-12-10-22-24(17-37)31(22,18-33)23-6-2-3-7-25(23)32/h2-9,11,13-16,22,24H,10,12,17-18,33H2,1H3/t22?,24?,31-/m1/s1. The van der Waals surface area contributed by atoms with Crippen LogP contribution in [0.3, 0.4) is 0 Å². The van der Waals surface area contributed by atoms with Gasteiger partial charge >= 0.3 is 0 Å². The second-order valence-corrected chi connectivity index (χ2v) is 10.4. The van der Waals surface area contributed by atoms with Gasteiger partial charge in [0.1, 0.15) is 22.9 Å². The molecule has 3 heterocycles. The van der Waals surface area contributed by atoms with Crippen LogP contribution in [0, 0.1) is 17.7 Å². The van der Waals surface area contributed by atoms with E-state index in [1.54, 1.807) is 25.4 Å². The molecule has 2 unspecified atom stereocenters. The van der Waals surface area contributed by atoms with Crippen LogP contribution in [0.1, 0.15) is 12.0 Å². The molecule has 190 valence electrons. The number of methoxy groups -OCH3 is 1. The molecule has 2 N–H and O–H groups in total. The maximum atomic E-state index is 14.7. The first-order valence-corrected chi connectivity index (χ1v) is 13.0. The van der Waals surface area contributed by atoms with Crippen molar-refractivity contribution in [3.63, 3.8) is 0 Å². The average Bonchev–Trinajstić information content (AvgIpc) is 3.63. The van der Waals surface area contributed by atoms with Gasteiger partial charge in [-0.15, -0.1) is 0 Å².